The molecule has 2 heterocycles. The minimum absolute atomic E-state index is 0.0339. The Hall–Kier alpha value is -0.940. The van der Waals surface area contributed by atoms with E-state index in [9.17, 15) is 9.59 Å². The van der Waals surface area contributed by atoms with Crippen LogP contribution in [-0.4, -0.2) is 55.5 Å². The second-order valence-electron chi connectivity index (χ2n) is 4.81. The molecule has 0 unspecified atom stereocenters. The summed E-state index contributed by atoms with van der Waals surface area (Å²) in [7, 11) is 0. The van der Waals surface area contributed by atoms with E-state index in [2.05, 4.69) is 5.32 Å². The molecule has 0 spiro atoms. The minimum Gasteiger partial charge on any atom is -0.381 e. The van der Waals surface area contributed by atoms with Crippen LogP contribution in [0.4, 0.5) is 0 Å². The highest BCUT2D eigenvalue weighted by molar-refractivity contribution is 5.83. The molecule has 0 aromatic carbocycles. The lowest BCUT2D eigenvalue weighted by Crippen LogP contribution is -2.46. The highest BCUT2D eigenvalue weighted by Crippen LogP contribution is 2.07. The number of rotatable bonds is 3. The third-order valence-electron chi connectivity index (χ3n) is 3.28. The summed E-state index contributed by atoms with van der Waals surface area (Å²) < 4.78 is 5.24. The van der Waals surface area contributed by atoms with Crippen molar-refractivity contribution in [2.75, 3.05) is 32.8 Å². The topological polar surface area (TPSA) is 58.6 Å². The Labute approximate surface area is 101 Å². The zero-order valence-electron chi connectivity index (χ0n) is 10.1. The average Bonchev–Trinajstić information content (AvgIpc) is 2.30. The van der Waals surface area contributed by atoms with E-state index in [0.717, 1.165) is 39.0 Å². The van der Waals surface area contributed by atoms with Crippen LogP contribution in [0.25, 0.3) is 0 Å². The summed E-state index contributed by atoms with van der Waals surface area (Å²) in [5.41, 5.74) is 0. The van der Waals surface area contributed by atoms with Gasteiger partial charge in [-0.05, 0) is 25.8 Å². The maximum Gasteiger partial charge on any atom is 0.234 e. The van der Waals surface area contributed by atoms with Gasteiger partial charge in [0.25, 0.3) is 0 Å². The third-order valence-corrected chi connectivity index (χ3v) is 3.28. The van der Waals surface area contributed by atoms with Crippen LogP contribution in [0.5, 0.6) is 0 Å². The van der Waals surface area contributed by atoms with Crippen LogP contribution in [0.2, 0.25) is 0 Å². The molecule has 2 aliphatic rings. The van der Waals surface area contributed by atoms with Gasteiger partial charge in [-0.1, -0.05) is 0 Å². The number of amides is 1. The first-order chi connectivity index (χ1) is 8.24. The van der Waals surface area contributed by atoms with E-state index in [-0.39, 0.29) is 17.7 Å². The molecule has 1 amide bonds. The summed E-state index contributed by atoms with van der Waals surface area (Å²) in [6.07, 6.45) is 3.33. The van der Waals surface area contributed by atoms with Crippen LogP contribution in [-0.2, 0) is 14.3 Å². The van der Waals surface area contributed by atoms with Gasteiger partial charge in [-0.15, -0.1) is 0 Å². The molecule has 0 aliphatic carbocycles. The quantitative estimate of drug-likeness (QED) is 0.751. The van der Waals surface area contributed by atoms with Crippen molar-refractivity contribution in [3.05, 3.63) is 0 Å². The zero-order chi connectivity index (χ0) is 12.1. The lowest BCUT2D eigenvalue weighted by Gasteiger charge is -2.27. The van der Waals surface area contributed by atoms with Crippen molar-refractivity contribution < 1.29 is 14.3 Å². The average molecular weight is 240 g/mol. The number of Topliss-reactive ketones (excluding diaryl/α,β-unsaturated/α-hetero) is 1. The van der Waals surface area contributed by atoms with E-state index < -0.39 is 0 Å². The number of nitrogens with one attached hydrogen (secondary N) is 1. The predicted octanol–water partition coefficient (Wildman–Crippen LogP) is -0.0535. The summed E-state index contributed by atoms with van der Waals surface area (Å²) in [5.74, 6) is 0.279. The molecule has 17 heavy (non-hydrogen) atoms. The summed E-state index contributed by atoms with van der Waals surface area (Å²) in [5, 5.41) is 3.01. The van der Waals surface area contributed by atoms with Gasteiger partial charge < -0.3 is 10.1 Å². The van der Waals surface area contributed by atoms with Crippen LogP contribution < -0.4 is 5.32 Å². The number of nitrogens with zero attached hydrogens (tertiary/aromatic N) is 1. The van der Waals surface area contributed by atoms with Crippen LogP contribution >= 0.6 is 0 Å². The lowest BCUT2D eigenvalue weighted by atomic mass is 10.1. The highest BCUT2D eigenvalue weighted by Gasteiger charge is 2.21. The van der Waals surface area contributed by atoms with Crippen molar-refractivity contribution >= 4 is 11.7 Å². The second-order valence-corrected chi connectivity index (χ2v) is 4.81. The Balaban J connectivity index is 1.70. The molecule has 0 radical (unpaired) electrons. The first kappa shape index (κ1) is 12.5. The fourth-order valence-corrected chi connectivity index (χ4v) is 2.36. The smallest absolute Gasteiger partial charge is 0.234 e. The van der Waals surface area contributed by atoms with Gasteiger partial charge in [-0.2, -0.15) is 0 Å². The van der Waals surface area contributed by atoms with E-state index in [1.807, 2.05) is 4.90 Å². The van der Waals surface area contributed by atoms with Crippen LogP contribution in [0.3, 0.4) is 0 Å². The molecular weight excluding hydrogens is 220 g/mol. The van der Waals surface area contributed by atoms with Gasteiger partial charge in [-0.3, -0.25) is 14.5 Å². The largest absolute Gasteiger partial charge is 0.381 e. The van der Waals surface area contributed by atoms with Gasteiger partial charge in [0, 0.05) is 25.7 Å². The molecule has 0 saturated carbocycles. The fourth-order valence-electron chi connectivity index (χ4n) is 2.36. The molecule has 5 heteroatoms. The van der Waals surface area contributed by atoms with E-state index in [0.29, 0.717) is 19.5 Å². The number of piperidine rings is 1. The Morgan fingerprint density at radius 1 is 1.41 bits per heavy atom. The number of carbonyl (C=O) groups excluding carboxylic acids is 2. The van der Waals surface area contributed by atoms with Crippen molar-refractivity contribution in [2.24, 2.45) is 0 Å². The first-order valence-electron chi connectivity index (χ1n) is 6.35. The SMILES string of the molecule is O=C1CCCN(CC(=O)NC2CCOCC2)C1. The van der Waals surface area contributed by atoms with Crippen molar-refractivity contribution in [3.63, 3.8) is 0 Å². The Bertz CT molecular complexity index is 287. The van der Waals surface area contributed by atoms with Gasteiger partial charge in [0.15, 0.2) is 0 Å². The standard InChI is InChI=1S/C12H20N2O3/c15-11-2-1-5-14(8-11)9-12(16)13-10-3-6-17-7-4-10/h10H,1-9H2,(H,13,16). The molecule has 2 aliphatic heterocycles. The minimum atomic E-state index is 0.0339. The maximum atomic E-state index is 11.8. The second kappa shape index (κ2) is 6.12. The van der Waals surface area contributed by atoms with E-state index >= 15 is 0 Å². The number of ketones is 1. The molecule has 0 bridgehead atoms. The summed E-state index contributed by atoms with van der Waals surface area (Å²) in [4.78, 5) is 25.0. The molecule has 2 rings (SSSR count). The van der Waals surface area contributed by atoms with Gasteiger partial charge in [0.1, 0.15) is 5.78 Å². The van der Waals surface area contributed by atoms with E-state index in [1.54, 1.807) is 0 Å². The molecule has 0 aromatic heterocycles. The third kappa shape index (κ3) is 4.09. The van der Waals surface area contributed by atoms with Gasteiger partial charge >= 0.3 is 0 Å². The number of carbonyl (C=O) groups is 2. The maximum absolute atomic E-state index is 11.8. The number of ether oxygens (including phenoxy) is 1. The molecule has 0 atom stereocenters. The molecule has 1 N–H and O–H groups in total. The molecule has 0 aromatic rings. The number of hydrogen-bond donors (Lipinski definition) is 1. The zero-order valence-corrected chi connectivity index (χ0v) is 10.1. The first-order valence-corrected chi connectivity index (χ1v) is 6.35. The Morgan fingerprint density at radius 2 is 2.18 bits per heavy atom. The Kier molecular flexibility index (Phi) is 4.50. The van der Waals surface area contributed by atoms with Crippen LogP contribution in [0.1, 0.15) is 25.7 Å². The van der Waals surface area contributed by atoms with Gasteiger partial charge in [0.2, 0.25) is 5.91 Å². The molecule has 5 nitrogen and oxygen atoms in total. The number of hydrogen-bond acceptors (Lipinski definition) is 4. The molecular formula is C12H20N2O3. The fraction of sp³-hybridized carbons (Fsp3) is 0.833. The van der Waals surface area contributed by atoms with Crippen molar-refractivity contribution in [1.82, 2.24) is 10.2 Å². The van der Waals surface area contributed by atoms with Crippen molar-refractivity contribution in [2.45, 2.75) is 31.7 Å². The highest BCUT2D eigenvalue weighted by atomic mass is 16.5. The van der Waals surface area contributed by atoms with Crippen LogP contribution in [0.15, 0.2) is 0 Å². The van der Waals surface area contributed by atoms with Crippen molar-refractivity contribution in [3.8, 4) is 0 Å². The predicted molar refractivity (Wildman–Crippen MR) is 62.7 cm³/mol. The summed E-state index contributed by atoms with van der Waals surface area (Å²) in [6, 6.07) is 0.247. The van der Waals surface area contributed by atoms with Crippen LogP contribution in [0, 0.1) is 0 Å². The van der Waals surface area contributed by atoms with Gasteiger partial charge in [-0.25, -0.2) is 0 Å². The normalized spacial score (nSPS) is 23.6. The monoisotopic (exact) mass is 240 g/mol. The lowest BCUT2D eigenvalue weighted by molar-refractivity contribution is -0.126. The summed E-state index contributed by atoms with van der Waals surface area (Å²) >= 11 is 0. The molecule has 2 saturated heterocycles. The summed E-state index contributed by atoms with van der Waals surface area (Å²) in [6.45, 7) is 3.09. The molecule has 96 valence electrons. The van der Waals surface area contributed by atoms with Crippen molar-refractivity contribution in [1.29, 1.82) is 0 Å². The van der Waals surface area contributed by atoms with E-state index in [4.69, 9.17) is 4.74 Å². The van der Waals surface area contributed by atoms with E-state index in [1.165, 1.54) is 0 Å². The Morgan fingerprint density at radius 3 is 2.88 bits per heavy atom. The van der Waals surface area contributed by atoms with Gasteiger partial charge in [0.05, 0.1) is 13.1 Å². The molecule has 2 fully saturated rings. The number of likely N-dealkylation sites (tertiary alicyclic amines) is 1.